The van der Waals surface area contributed by atoms with E-state index >= 15 is 0 Å². The lowest BCUT2D eigenvalue weighted by molar-refractivity contribution is 1.05. The van der Waals surface area contributed by atoms with Crippen LogP contribution >= 0.6 is 0 Å². The highest BCUT2D eigenvalue weighted by molar-refractivity contribution is 6.28. The van der Waals surface area contributed by atoms with Crippen molar-refractivity contribution in [2.45, 2.75) is 0 Å². The number of hydrogen-bond donors (Lipinski definition) is 0. The van der Waals surface area contributed by atoms with Crippen LogP contribution in [0.3, 0.4) is 0 Å². The Labute approximate surface area is 310 Å². The molecule has 0 radical (unpaired) electrons. The predicted octanol–water partition coefficient (Wildman–Crippen LogP) is 12.9. The molecule has 0 aliphatic rings. The minimum Gasteiger partial charge on any atom is -0.308 e. The van der Waals surface area contributed by atoms with Gasteiger partial charge in [-0.05, 0) is 58.3 Å². The molecule has 0 unspecified atom stereocenters. The summed E-state index contributed by atoms with van der Waals surface area (Å²) < 4.78 is 4.77. The molecule has 54 heavy (non-hydrogen) atoms. The molecule has 0 saturated carbocycles. The summed E-state index contributed by atoms with van der Waals surface area (Å²) in [4.78, 5) is 10.3. The first-order valence-corrected chi connectivity index (χ1v) is 18.4. The average molecular weight is 687 g/mol. The van der Waals surface area contributed by atoms with Crippen molar-refractivity contribution in [1.29, 1.82) is 0 Å². The highest BCUT2D eigenvalue weighted by Crippen LogP contribution is 2.43. The Hall–Kier alpha value is -7.30. The molecule has 4 nitrogen and oxygen atoms in total. The lowest BCUT2D eigenvalue weighted by Crippen LogP contribution is -2.02. The Morgan fingerprint density at radius 3 is 1.72 bits per heavy atom. The van der Waals surface area contributed by atoms with Crippen LogP contribution in [0.4, 0.5) is 0 Å². The van der Waals surface area contributed by atoms with Gasteiger partial charge in [0.2, 0.25) is 0 Å². The number of para-hydroxylation sites is 2. The number of aromatic nitrogens is 4. The van der Waals surface area contributed by atoms with Gasteiger partial charge in [0, 0.05) is 49.5 Å². The topological polar surface area (TPSA) is 35.1 Å². The molecule has 0 spiro atoms. The number of nitrogens with zero attached hydrogens (tertiary/aromatic N) is 4. The quantitative estimate of drug-likeness (QED) is 0.136. The Balaban J connectivity index is 1.08. The fourth-order valence-electron chi connectivity index (χ4n) is 8.85. The third-order valence-electron chi connectivity index (χ3n) is 11.3. The first-order chi connectivity index (χ1) is 26.8. The minimum absolute atomic E-state index is 0.702. The van der Waals surface area contributed by atoms with Crippen molar-refractivity contribution in [2.75, 3.05) is 0 Å². The van der Waals surface area contributed by atoms with Crippen LogP contribution < -0.4 is 0 Å². The second-order valence-electron chi connectivity index (χ2n) is 14.2. The Morgan fingerprint density at radius 2 is 0.944 bits per heavy atom. The first kappa shape index (κ1) is 29.3. The maximum atomic E-state index is 5.22. The van der Waals surface area contributed by atoms with Gasteiger partial charge >= 0.3 is 0 Å². The van der Waals surface area contributed by atoms with E-state index in [1.54, 1.807) is 0 Å². The predicted molar refractivity (Wildman–Crippen MR) is 225 cm³/mol. The molecule has 4 heteroatoms. The molecule has 0 amide bonds. The van der Waals surface area contributed by atoms with Gasteiger partial charge in [0.1, 0.15) is 5.82 Å². The first-order valence-electron chi connectivity index (χ1n) is 18.4. The smallest absolute Gasteiger partial charge is 0.162 e. The highest BCUT2D eigenvalue weighted by Gasteiger charge is 2.20. The number of pyridine rings is 1. The Bertz CT molecular complexity index is 3360. The van der Waals surface area contributed by atoms with Gasteiger partial charge in [0.15, 0.2) is 5.82 Å². The summed E-state index contributed by atoms with van der Waals surface area (Å²) in [7, 11) is 0. The second kappa shape index (κ2) is 11.1. The summed E-state index contributed by atoms with van der Waals surface area (Å²) in [5.74, 6) is 1.54. The van der Waals surface area contributed by atoms with E-state index in [2.05, 4.69) is 167 Å². The molecule has 8 aromatic carbocycles. The van der Waals surface area contributed by atoms with Crippen LogP contribution in [-0.4, -0.2) is 18.9 Å². The number of rotatable bonds is 4. The molecule has 12 rings (SSSR count). The van der Waals surface area contributed by atoms with Crippen molar-refractivity contribution in [1.82, 2.24) is 18.9 Å². The van der Waals surface area contributed by atoms with Crippen LogP contribution in [0, 0.1) is 0 Å². The van der Waals surface area contributed by atoms with Gasteiger partial charge in [0.25, 0.3) is 0 Å². The third-order valence-corrected chi connectivity index (χ3v) is 11.3. The SMILES string of the molecule is c1ccc(-c2cc(-n3c4ccccc4c4cc(-c5ccc6c(c5)c5ccc7cccc8c9ccccc9n6c5c78)ccc43)nc(-c3ccccc3)n2)cc1. The molecular formula is C50H30N4. The monoisotopic (exact) mass is 686 g/mol. The zero-order chi connectivity index (χ0) is 35.3. The third kappa shape index (κ3) is 4.13. The van der Waals surface area contributed by atoms with Gasteiger partial charge in [-0.3, -0.25) is 4.57 Å². The van der Waals surface area contributed by atoms with E-state index in [0.717, 1.165) is 33.7 Å². The fraction of sp³-hybridized carbons (Fsp3) is 0. The fourth-order valence-corrected chi connectivity index (χ4v) is 8.85. The Morgan fingerprint density at radius 1 is 0.352 bits per heavy atom. The van der Waals surface area contributed by atoms with E-state index < -0.39 is 0 Å². The van der Waals surface area contributed by atoms with Gasteiger partial charge in [0.05, 0.1) is 33.3 Å². The summed E-state index contributed by atoms with van der Waals surface area (Å²) in [5, 5.41) is 10.1. The summed E-state index contributed by atoms with van der Waals surface area (Å²) in [5.41, 5.74) is 11.3. The maximum absolute atomic E-state index is 5.22. The lowest BCUT2D eigenvalue weighted by atomic mass is 9.98. The van der Waals surface area contributed by atoms with Crippen LogP contribution in [0.25, 0.3) is 110 Å². The summed E-state index contributed by atoms with van der Waals surface area (Å²) in [6.07, 6.45) is 0. The van der Waals surface area contributed by atoms with E-state index in [1.165, 1.54) is 70.8 Å². The Kier molecular flexibility index (Phi) is 6.02. The molecule has 250 valence electrons. The zero-order valence-corrected chi connectivity index (χ0v) is 29.1. The van der Waals surface area contributed by atoms with Gasteiger partial charge in [-0.25, -0.2) is 9.97 Å². The summed E-state index contributed by atoms with van der Waals surface area (Å²) >= 11 is 0. The molecule has 0 N–H and O–H groups in total. The molecule has 0 bridgehead atoms. The van der Waals surface area contributed by atoms with E-state index in [-0.39, 0.29) is 0 Å². The molecular weight excluding hydrogens is 657 g/mol. The highest BCUT2D eigenvalue weighted by atomic mass is 15.1. The molecule has 4 heterocycles. The van der Waals surface area contributed by atoms with Crippen molar-refractivity contribution >= 4 is 70.7 Å². The van der Waals surface area contributed by atoms with Gasteiger partial charge in [-0.15, -0.1) is 0 Å². The summed E-state index contributed by atoms with van der Waals surface area (Å²) in [6, 6.07) is 65.3. The molecule has 0 saturated heterocycles. The zero-order valence-electron chi connectivity index (χ0n) is 29.1. The number of fused-ring (bicyclic) bond motifs is 9. The molecule has 4 aromatic heterocycles. The van der Waals surface area contributed by atoms with Gasteiger partial charge < -0.3 is 4.40 Å². The van der Waals surface area contributed by atoms with Crippen molar-refractivity contribution < 1.29 is 0 Å². The number of benzene rings is 8. The van der Waals surface area contributed by atoms with Gasteiger partial charge in [-0.1, -0.05) is 140 Å². The molecule has 0 fully saturated rings. The molecule has 0 aliphatic heterocycles. The number of hydrogen-bond acceptors (Lipinski definition) is 2. The standard InChI is InChI=1S/C50H30N4/c1-3-12-31(13-4-1)42-30-47(52-50(51-42)33-14-5-2-6-15-33)53-43-20-9-8-18-37(43)40-28-34(23-26-45(40)53)35-24-27-46-41(29-35)39-25-22-32-16-11-19-38-36-17-7-10-21-44(36)54(46)49(39)48(32)38/h1-30H. The van der Waals surface area contributed by atoms with Crippen LogP contribution in [-0.2, 0) is 0 Å². The molecule has 0 atom stereocenters. The molecule has 12 aromatic rings. The maximum Gasteiger partial charge on any atom is 0.162 e. The van der Waals surface area contributed by atoms with E-state index in [4.69, 9.17) is 9.97 Å². The van der Waals surface area contributed by atoms with Crippen LogP contribution in [0.5, 0.6) is 0 Å². The molecule has 0 aliphatic carbocycles. The van der Waals surface area contributed by atoms with Crippen LogP contribution in [0.2, 0.25) is 0 Å². The average Bonchev–Trinajstić information content (AvgIpc) is 3.76. The van der Waals surface area contributed by atoms with Crippen molar-refractivity contribution in [2.24, 2.45) is 0 Å². The van der Waals surface area contributed by atoms with Gasteiger partial charge in [-0.2, -0.15) is 0 Å². The van der Waals surface area contributed by atoms with Crippen LogP contribution in [0.15, 0.2) is 182 Å². The largest absolute Gasteiger partial charge is 0.308 e. The minimum atomic E-state index is 0.702. The van der Waals surface area contributed by atoms with Crippen LogP contribution in [0.1, 0.15) is 0 Å². The normalized spacial score (nSPS) is 12.1. The lowest BCUT2D eigenvalue weighted by Gasteiger charge is -2.12. The summed E-state index contributed by atoms with van der Waals surface area (Å²) in [6.45, 7) is 0. The van der Waals surface area contributed by atoms with E-state index in [1.807, 2.05) is 24.3 Å². The van der Waals surface area contributed by atoms with E-state index in [9.17, 15) is 0 Å². The van der Waals surface area contributed by atoms with Crippen molar-refractivity contribution in [3.05, 3.63) is 182 Å². The van der Waals surface area contributed by atoms with Crippen molar-refractivity contribution in [3.63, 3.8) is 0 Å². The second-order valence-corrected chi connectivity index (χ2v) is 14.2. The van der Waals surface area contributed by atoms with Crippen molar-refractivity contribution in [3.8, 4) is 39.6 Å². The van der Waals surface area contributed by atoms with E-state index in [0.29, 0.717) is 5.82 Å².